The molecule has 0 bridgehead atoms. The number of ether oxygens (including phenoxy) is 2. The summed E-state index contributed by atoms with van der Waals surface area (Å²) in [6.45, 7) is 3.02. The van der Waals surface area contributed by atoms with E-state index in [1.165, 1.54) is 0 Å². The van der Waals surface area contributed by atoms with Crippen LogP contribution >= 0.6 is 11.6 Å². The third kappa shape index (κ3) is 3.81. The molecule has 5 rings (SSSR count). The van der Waals surface area contributed by atoms with E-state index >= 15 is 0 Å². The molecule has 1 unspecified atom stereocenters. The summed E-state index contributed by atoms with van der Waals surface area (Å²) in [5.41, 5.74) is 1.98. The molecule has 1 aromatic heterocycles. The number of aromatic nitrogens is 2. The first-order chi connectivity index (χ1) is 14.2. The molecule has 3 aromatic rings. The van der Waals surface area contributed by atoms with E-state index in [1.807, 2.05) is 42.5 Å². The molecule has 2 aromatic carbocycles. The van der Waals surface area contributed by atoms with Crippen molar-refractivity contribution in [2.45, 2.75) is 24.7 Å². The van der Waals surface area contributed by atoms with Gasteiger partial charge in [-0.3, -0.25) is 4.90 Å². The van der Waals surface area contributed by atoms with Crippen molar-refractivity contribution in [1.29, 1.82) is 0 Å². The Balaban J connectivity index is 1.43. The summed E-state index contributed by atoms with van der Waals surface area (Å²) in [5, 5.41) is 9.37. The third-order valence-electron chi connectivity index (χ3n) is 5.62. The van der Waals surface area contributed by atoms with Gasteiger partial charge in [0.1, 0.15) is 6.04 Å². The molecule has 150 valence electrons. The number of rotatable bonds is 4. The van der Waals surface area contributed by atoms with E-state index in [2.05, 4.69) is 27.2 Å². The van der Waals surface area contributed by atoms with E-state index in [0.29, 0.717) is 30.0 Å². The normalized spacial score (nSPS) is 20.2. The Morgan fingerprint density at radius 1 is 0.897 bits per heavy atom. The van der Waals surface area contributed by atoms with Crippen LogP contribution < -0.4 is 0 Å². The van der Waals surface area contributed by atoms with E-state index in [-0.39, 0.29) is 6.04 Å². The van der Waals surface area contributed by atoms with Crippen LogP contribution in [-0.4, -0.2) is 47.2 Å². The van der Waals surface area contributed by atoms with Crippen LogP contribution in [-0.2, 0) is 9.47 Å². The summed E-state index contributed by atoms with van der Waals surface area (Å²) >= 11 is 5.99. The van der Waals surface area contributed by atoms with Crippen molar-refractivity contribution in [3.05, 3.63) is 71.1 Å². The Morgan fingerprint density at radius 2 is 1.59 bits per heavy atom. The summed E-state index contributed by atoms with van der Waals surface area (Å²) in [6.07, 6.45) is 1.66. The number of benzene rings is 2. The minimum atomic E-state index is -0.416. The first-order valence-electron chi connectivity index (χ1n) is 9.89. The number of likely N-dealkylation sites (tertiary alicyclic amines) is 1. The SMILES string of the molecule is Clc1ccc(-c2nnc(C(c3ccccc3)N3CCC4(CC3)OCCO4)o2)cc1. The first kappa shape index (κ1) is 18.8. The molecule has 2 aliphatic heterocycles. The van der Waals surface area contributed by atoms with Gasteiger partial charge in [0.2, 0.25) is 11.8 Å². The Hall–Kier alpha value is -2.25. The number of piperidine rings is 1. The largest absolute Gasteiger partial charge is 0.419 e. The van der Waals surface area contributed by atoms with Crippen LogP contribution in [0.2, 0.25) is 5.02 Å². The van der Waals surface area contributed by atoms with Crippen molar-refractivity contribution >= 4 is 11.6 Å². The number of hydrogen-bond donors (Lipinski definition) is 0. The van der Waals surface area contributed by atoms with Gasteiger partial charge in [0.15, 0.2) is 5.79 Å². The van der Waals surface area contributed by atoms with Crippen molar-refractivity contribution in [2.24, 2.45) is 0 Å². The van der Waals surface area contributed by atoms with Gasteiger partial charge in [0.05, 0.1) is 13.2 Å². The molecule has 1 atom stereocenters. The van der Waals surface area contributed by atoms with Crippen molar-refractivity contribution in [3.63, 3.8) is 0 Å². The third-order valence-corrected chi connectivity index (χ3v) is 5.87. The summed E-state index contributed by atoms with van der Waals surface area (Å²) in [6, 6.07) is 17.6. The fourth-order valence-corrected chi connectivity index (χ4v) is 4.23. The van der Waals surface area contributed by atoms with E-state index in [4.69, 9.17) is 25.5 Å². The molecule has 2 saturated heterocycles. The van der Waals surface area contributed by atoms with Gasteiger partial charge in [-0.1, -0.05) is 41.9 Å². The van der Waals surface area contributed by atoms with Gasteiger partial charge in [-0.25, -0.2) is 0 Å². The summed E-state index contributed by atoms with van der Waals surface area (Å²) in [7, 11) is 0. The van der Waals surface area contributed by atoms with Gasteiger partial charge in [0.25, 0.3) is 0 Å². The predicted molar refractivity (Wildman–Crippen MR) is 108 cm³/mol. The van der Waals surface area contributed by atoms with Crippen LogP contribution in [0.15, 0.2) is 59.0 Å². The highest BCUT2D eigenvalue weighted by molar-refractivity contribution is 6.30. The summed E-state index contributed by atoms with van der Waals surface area (Å²) < 4.78 is 17.9. The molecular weight excluding hydrogens is 390 g/mol. The van der Waals surface area contributed by atoms with Crippen LogP contribution in [0.4, 0.5) is 0 Å². The second-order valence-electron chi connectivity index (χ2n) is 7.41. The zero-order valence-corrected chi connectivity index (χ0v) is 16.7. The molecule has 3 heterocycles. The Kier molecular flexibility index (Phi) is 5.09. The molecule has 0 N–H and O–H groups in total. The minimum absolute atomic E-state index is 0.108. The highest BCUT2D eigenvalue weighted by Crippen LogP contribution is 2.37. The lowest BCUT2D eigenvalue weighted by molar-refractivity contribution is -0.187. The van der Waals surface area contributed by atoms with Crippen molar-refractivity contribution in [3.8, 4) is 11.5 Å². The molecule has 0 radical (unpaired) electrons. The number of hydrogen-bond acceptors (Lipinski definition) is 6. The van der Waals surface area contributed by atoms with E-state index in [1.54, 1.807) is 0 Å². The highest BCUT2D eigenvalue weighted by atomic mass is 35.5. The average Bonchev–Trinajstić information content (AvgIpc) is 3.42. The zero-order valence-electron chi connectivity index (χ0n) is 16.0. The van der Waals surface area contributed by atoms with Crippen molar-refractivity contribution in [2.75, 3.05) is 26.3 Å². The molecule has 7 heteroatoms. The molecule has 6 nitrogen and oxygen atoms in total. The monoisotopic (exact) mass is 411 g/mol. The fraction of sp³-hybridized carbons (Fsp3) is 0.364. The van der Waals surface area contributed by atoms with E-state index < -0.39 is 5.79 Å². The second-order valence-corrected chi connectivity index (χ2v) is 7.85. The van der Waals surface area contributed by atoms with Crippen molar-refractivity contribution < 1.29 is 13.9 Å². The Bertz CT molecular complexity index is 945. The molecule has 29 heavy (non-hydrogen) atoms. The predicted octanol–water partition coefficient (Wildman–Crippen LogP) is 4.32. The van der Waals surface area contributed by atoms with Gasteiger partial charge >= 0.3 is 0 Å². The molecular formula is C22H22ClN3O3. The number of halogens is 1. The molecule has 1 spiro atoms. The van der Waals surface area contributed by atoms with Crippen LogP contribution in [0.25, 0.3) is 11.5 Å². The lowest BCUT2D eigenvalue weighted by atomic mass is 9.98. The maximum absolute atomic E-state index is 6.13. The topological polar surface area (TPSA) is 60.6 Å². The quantitative estimate of drug-likeness (QED) is 0.637. The highest BCUT2D eigenvalue weighted by Gasteiger charge is 2.42. The average molecular weight is 412 g/mol. The second kappa shape index (κ2) is 7.88. The molecule has 2 fully saturated rings. The van der Waals surface area contributed by atoms with Gasteiger partial charge < -0.3 is 13.9 Å². The van der Waals surface area contributed by atoms with Gasteiger partial charge in [-0.2, -0.15) is 0 Å². The molecule has 0 amide bonds. The van der Waals surface area contributed by atoms with Crippen molar-refractivity contribution in [1.82, 2.24) is 15.1 Å². The first-order valence-corrected chi connectivity index (χ1v) is 10.3. The van der Waals surface area contributed by atoms with Crippen LogP contribution in [0, 0.1) is 0 Å². The van der Waals surface area contributed by atoms with Gasteiger partial charge in [0, 0.05) is 36.5 Å². The molecule has 2 aliphatic rings. The van der Waals surface area contributed by atoms with Crippen LogP contribution in [0.3, 0.4) is 0 Å². The smallest absolute Gasteiger partial charge is 0.247 e. The maximum Gasteiger partial charge on any atom is 0.247 e. The summed E-state index contributed by atoms with van der Waals surface area (Å²) in [4.78, 5) is 2.37. The Labute approximate surface area is 174 Å². The van der Waals surface area contributed by atoms with Gasteiger partial charge in [-0.15, -0.1) is 10.2 Å². The van der Waals surface area contributed by atoms with Gasteiger partial charge in [-0.05, 0) is 29.8 Å². The van der Waals surface area contributed by atoms with Crippen LogP contribution in [0.1, 0.15) is 30.3 Å². The molecule has 0 aliphatic carbocycles. The van der Waals surface area contributed by atoms with E-state index in [0.717, 1.165) is 37.1 Å². The fourth-order valence-electron chi connectivity index (χ4n) is 4.11. The van der Waals surface area contributed by atoms with E-state index in [9.17, 15) is 0 Å². The lowest BCUT2D eigenvalue weighted by Crippen LogP contribution is -2.46. The standard InChI is InChI=1S/C22H22ClN3O3/c23-18-8-6-17(7-9-18)20-24-25-21(29-20)19(16-4-2-1-3-5-16)26-12-10-22(11-13-26)27-14-15-28-22/h1-9,19H,10-15H2. The Morgan fingerprint density at radius 3 is 2.28 bits per heavy atom. The molecule has 0 saturated carbocycles. The zero-order chi connectivity index (χ0) is 19.7. The van der Waals surface area contributed by atoms with Crippen LogP contribution in [0.5, 0.6) is 0 Å². The lowest BCUT2D eigenvalue weighted by Gasteiger charge is -2.40. The number of nitrogens with zero attached hydrogens (tertiary/aromatic N) is 3. The summed E-state index contributed by atoms with van der Waals surface area (Å²) in [5.74, 6) is 0.667. The maximum atomic E-state index is 6.13. The minimum Gasteiger partial charge on any atom is -0.419 e.